The van der Waals surface area contributed by atoms with Gasteiger partial charge in [0, 0.05) is 12.5 Å². The summed E-state index contributed by atoms with van der Waals surface area (Å²) in [5.41, 5.74) is 1.77. The molecule has 0 heterocycles. The summed E-state index contributed by atoms with van der Waals surface area (Å²) in [7, 11) is -1.70. The molecule has 0 spiro atoms. The van der Waals surface area contributed by atoms with E-state index in [1.54, 1.807) is 0 Å². The van der Waals surface area contributed by atoms with E-state index in [9.17, 15) is 4.79 Å². The van der Waals surface area contributed by atoms with Gasteiger partial charge < -0.3 is 4.43 Å². The van der Waals surface area contributed by atoms with Gasteiger partial charge in [-0.25, -0.2) is 0 Å². The lowest BCUT2D eigenvalue weighted by Gasteiger charge is -2.61. The summed E-state index contributed by atoms with van der Waals surface area (Å²) in [6.45, 7) is 19.0. The summed E-state index contributed by atoms with van der Waals surface area (Å²) < 4.78 is 6.89. The normalized spacial score (nSPS) is 45.8. The van der Waals surface area contributed by atoms with Crippen molar-refractivity contribution in [2.45, 2.75) is 117 Å². The van der Waals surface area contributed by atoms with E-state index in [1.165, 1.54) is 44.9 Å². The minimum absolute atomic E-state index is 0.152. The Balaban J connectivity index is 1.51. The fraction of sp³-hybridized carbons (Fsp3) is 0.889. The van der Waals surface area contributed by atoms with Crippen LogP contribution in [0.25, 0.3) is 0 Å². The molecule has 7 atom stereocenters. The molecule has 0 bridgehead atoms. The molecule has 30 heavy (non-hydrogen) atoms. The third-order valence-corrected chi connectivity index (χ3v) is 15.4. The van der Waals surface area contributed by atoms with Gasteiger partial charge in [0.15, 0.2) is 14.1 Å². The number of rotatable bonds is 2. The summed E-state index contributed by atoms with van der Waals surface area (Å²) >= 11 is 0. The molecule has 4 fully saturated rings. The first-order chi connectivity index (χ1) is 13.8. The molecule has 0 aliphatic heterocycles. The lowest BCUT2D eigenvalue weighted by atomic mass is 9.45. The highest BCUT2D eigenvalue weighted by atomic mass is 28.4. The summed E-state index contributed by atoms with van der Waals surface area (Å²) in [5, 5.41) is 0.290. The lowest BCUT2D eigenvalue weighted by molar-refractivity contribution is -0.119. The van der Waals surface area contributed by atoms with Crippen LogP contribution in [0.5, 0.6) is 0 Å². The van der Waals surface area contributed by atoms with Crippen LogP contribution in [0.2, 0.25) is 18.1 Å². The van der Waals surface area contributed by atoms with Crippen molar-refractivity contribution in [2.75, 3.05) is 0 Å². The maximum Gasteiger partial charge on any atom is 0.192 e. The molecule has 0 aromatic rings. The van der Waals surface area contributed by atoms with Gasteiger partial charge in [0.1, 0.15) is 0 Å². The van der Waals surface area contributed by atoms with Crippen LogP contribution in [0.3, 0.4) is 0 Å². The second-order valence-electron chi connectivity index (χ2n) is 13.2. The molecule has 170 valence electrons. The standard InChI is InChI=1S/C27H46O2Si/c1-9-21-24(28)17-23-20-11-10-18-16-19(29-30(7,8)25(2,3)4)12-14-26(18,5)22(20)13-15-27(21,23)6/h9,18-20,22-23H,10-17H2,1-8H3/t18?,19?,20-,22+,23+,26+,27-/m1/s1. The second kappa shape index (κ2) is 7.30. The zero-order valence-corrected chi connectivity index (χ0v) is 21.9. The van der Waals surface area contributed by atoms with E-state index in [1.807, 2.05) is 0 Å². The Morgan fingerprint density at radius 2 is 1.73 bits per heavy atom. The molecular formula is C27H46O2Si. The molecule has 0 amide bonds. The average molecular weight is 431 g/mol. The van der Waals surface area contributed by atoms with Crippen LogP contribution in [-0.2, 0) is 9.22 Å². The second-order valence-corrected chi connectivity index (χ2v) is 18.0. The molecule has 2 nitrogen and oxygen atoms in total. The quantitative estimate of drug-likeness (QED) is 0.334. The fourth-order valence-electron chi connectivity index (χ4n) is 8.07. The topological polar surface area (TPSA) is 26.3 Å². The van der Waals surface area contributed by atoms with Gasteiger partial charge in [-0.1, -0.05) is 40.7 Å². The predicted molar refractivity (Wildman–Crippen MR) is 128 cm³/mol. The summed E-state index contributed by atoms with van der Waals surface area (Å²) in [4.78, 5) is 12.8. The Kier molecular flexibility index (Phi) is 5.54. The van der Waals surface area contributed by atoms with E-state index in [0.717, 1.165) is 29.7 Å². The Morgan fingerprint density at radius 3 is 2.37 bits per heavy atom. The number of hydrogen-bond acceptors (Lipinski definition) is 2. The minimum atomic E-state index is -1.70. The third-order valence-electron chi connectivity index (χ3n) is 10.9. The maximum atomic E-state index is 12.8. The summed E-state index contributed by atoms with van der Waals surface area (Å²) in [5.74, 6) is 3.42. The van der Waals surface area contributed by atoms with Gasteiger partial charge >= 0.3 is 0 Å². The van der Waals surface area contributed by atoms with Crippen molar-refractivity contribution in [3.63, 3.8) is 0 Å². The molecular weight excluding hydrogens is 384 g/mol. The van der Waals surface area contributed by atoms with E-state index in [-0.39, 0.29) is 5.41 Å². The monoisotopic (exact) mass is 430 g/mol. The van der Waals surface area contributed by atoms with Crippen LogP contribution < -0.4 is 0 Å². The van der Waals surface area contributed by atoms with Crippen LogP contribution in [0.4, 0.5) is 0 Å². The molecule has 3 heteroatoms. The first-order valence-electron chi connectivity index (χ1n) is 12.7. The zero-order valence-electron chi connectivity index (χ0n) is 20.9. The van der Waals surface area contributed by atoms with Crippen molar-refractivity contribution in [1.29, 1.82) is 0 Å². The number of Topliss-reactive ketones (excluding diaryl/α,β-unsaturated/α-hetero) is 1. The largest absolute Gasteiger partial charge is 0.414 e. The van der Waals surface area contributed by atoms with Gasteiger partial charge in [-0.3, -0.25) is 4.79 Å². The van der Waals surface area contributed by atoms with Gasteiger partial charge in [0.2, 0.25) is 0 Å². The Bertz CT molecular complexity index is 732. The van der Waals surface area contributed by atoms with Gasteiger partial charge in [-0.2, -0.15) is 0 Å². The molecule has 4 saturated carbocycles. The molecule has 4 aliphatic carbocycles. The molecule has 0 aromatic carbocycles. The van der Waals surface area contributed by atoms with Crippen LogP contribution in [0.1, 0.15) is 92.9 Å². The van der Waals surface area contributed by atoms with E-state index < -0.39 is 8.32 Å². The van der Waals surface area contributed by atoms with Gasteiger partial charge in [0.05, 0.1) is 0 Å². The third kappa shape index (κ3) is 3.32. The highest BCUT2D eigenvalue weighted by Gasteiger charge is 2.60. The van der Waals surface area contributed by atoms with Gasteiger partial charge in [-0.15, -0.1) is 0 Å². The summed E-state index contributed by atoms with van der Waals surface area (Å²) in [6, 6.07) is 0. The van der Waals surface area contributed by atoms with E-state index >= 15 is 0 Å². The SMILES string of the molecule is CC=C1C(=O)C[C@H]2[C@@H]3CCC4CC(O[Si](C)(C)C(C)(C)C)CC[C@]4(C)[C@H]3CC[C@]12C. The van der Waals surface area contributed by atoms with Crippen LogP contribution in [-0.4, -0.2) is 20.2 Å². The van der Waals surface area contributed by atoms with Crippen molar-refractivity contribution in [1.82, 2.24) is 0 Å². The Labute approximate surface area is 186 Å². The number of fused-ring (bicyclic) bond motifs is 5. The van der Waals surface area contributed by atoms with Gasteiger partial charge in [-0.05, 0) is 110 Å². The fourth-order valence-corrected chi connectivity index (χ4v) is 9.47. The first-order valence-corrected chi connectivity index (χ1v) is 15.6. The van der Waals surface area contributed by atoms with Crippen molar-refractivity contribution >= 4 is 14.1 Å². The highest BCUT2D eigenvalue weighted by Crippen LogP contribution is 2.67. The van der Waals surface area contributed by atoms with E-state index in [0.29, 0.717) is 28.3 Å². The van der Waals surface area contributed by atoms with Crippen LogP contribution >= 0.6 is 0 Å². The Morgan fingerprint density at radius 1 is 1.03 bits per heavy atom. The van der Waals surface area contributed by atoms with Gasteiger partial charge in [0.25, 0.3) is 0 Å². The number of carbonyl (C=O) groups excluding carboxylic acids is 1. The molecule has 0 radical (unpaired) electrons. The van der Waals surface area contributed by atoms with Crippen molar-refractivity contribution in [3.05, 3.63) is 11.6 Å². The minimum Gasteiger partial charge on any atom is -0.414 e. The molecule has 4 rings (SSSR count). The zero-order chi connectivity index (χ0) is 22.1. The highest BCUT2D eigenvalue weighted by molar-refractivity contribution is 6.74. The smallest absolute Gasteiger partial charge is 0.192 e. The number of ketones is 1. The summed E-state index contributed by atoms with van der Waals surface area (Å²) in [6.07, 6.45) is 12.5. The number of hydrogen-bond donors (Lipinski definition) is 0. The Hall–Kier alpha value is -0.413. The van der Waals surface area contributed by atoms with Crippen LogP contribution in [0.15, 0.2) is 11.6 Å². The van der Waals surface area contributed by atoms with Crippen molar-refractivity contribution in [2.24, 2.45) is 34.5 Å². The molecule has 0 N–H and O–H groups in total. The molecule has 4 aliphatic rings. The number of allylic oxidation sites excluding steroid dienone is 2. The molecule has 0 saturated heterocycles. The lowest BCUT2D eigenvalue weighted by Crippen LogP contribution is -2.54. The van der Waals surface area contributed by atoms with Crippen molar-refractivity contribution in [3.8, 4) is 0 Å². The average Bonchev–Trinajstić information content (AvgIpc) is 2.90. The predicted octanol–water partition coefficient (Wildman–Crippen LogP) is 7.54. The molecule has 0 aromatic heterocycles. The van der Waals surface area contributed by atoms with Crippen LogP contribution in [0, 0.1) is 34.5 Å². The van der Waals surface area contributed by atoms with Crippen molar-refractivity contribution < 1.29 is 9.22 Å². The van der Waals surface area contributed by atoms with E-state index in [2.05, 4.69) is 60.7 Å². The molecule has 2 unspecified atom stereocenters. The maximum absolute atomic E-state index is 12.8. The number of carbonyl (C=O) groups is 1. The first kappa shape index (κ1) is 22.8. The van der Waals surface area contributed by atoms with E-state index in [4.69, 9.17) is 4.43 Å².